The Hall–Kier alpha value is -3.75. The van der Waals surface area contributed by atoms with Crippen molar-refractivity contribution < 1.29 is 49.5 Å². The number of isothiocyanates is 1. The number of benzene rings is 1. The van der Waals surface area contributed by atoms with Crippen LogP contribution in [0, 0.1) is 0 Å². The minimum atomic E-state index is -2.36. The standard InChI is InChI=1S/C22H28N4O10S/c23-5-6-25-21(8-16(27)28,7-14-1-3-15(4-2-14)24-13-37)22(9-17(29)30,10-18(31)32)26(11-19(33)34)12-20(35)36/h1-4,25H,5-12,23H2,(H,27,28)(H,29,30)(H,31,32)(H,33,34)(H,35,36). The lowest BCUT2D eigenvalue weighted by Gasteiger charge is -2.54. The largest absolute Gasteiger partial charge is 0.481 e. The van der Waals surface area contributed by atoms with Crippen LogP contribution in [0.4, 0.5) is 5.69 Å². The Labute approximate surface area is 216 Å². The summed E-state index contributed by atoms with van der Waals surface area (Å²) in [6, 6.07) is 6.03. The number of carboxylic acids is 5. The maximum atomic E-state index is 12.1. The molecule has 0 saturated carbocycles. The van der Waals surface area contributed by atoms with Gasteiger partial charge in [0.25, 0.3) is 0 Å². The van der Waals surface area contributed by atoms with E-state index >= 15 is 0 Å². The number of rotatable bonds is 18. The second-order valence-corrected chi connectivity index (χ2v) is 8.41. The molecule has 0 heterocycles. The van der Waals surface area contributed by atoms with Crippen molar-refractivity contribution in [3.05, 3.63) is 29.8 Å². The molecular weight excluding hydrogens is 512 g/mol. The van der Waals surface area contributed by atoms with Crippen LogP contribution < -0.4 is 11.1 Å². The van der Waals surface area contributed by atoms with Crippen LogP contribution in [0.1, 0.15) is 24.8 Å². The minimum absolute atomic E-state index is 0.0855. The molecule has 37 heavy (non-hydrogen) atoms. The Morgan fingerprint density at radius 2 is 1.35 bits per heavy atom. The highest BCUT2D eigenvalue weighted by Crippen LogP contribution is 2.41. The fourth-order valence-electron chi connectivity index (χ4n) is 4.45. The van der Waals surface area contributed by atoms with Crippen molar-refractivity contribution in [3.63, 3.8) is 0 Å². The van der Waals surface area contributed by atoms with Gasteiger partial charge in [0.2, 0.25) is 0 Å². The van der Waals surface area contributed by atoms with Gasteiger partial charge in [-0.2, -0.15) is 4.99 Å². The zero-order valence-electron chi connectivity index (χ0n) is 19.6. The lowest BCUT2D eigenvalue weighted by atomic mass is 9.65. The molecule has 202 valence electrons. The highest BCUT2D eigenvalue weighted by molar-refractivity contribution is 7.78. The van der Waals surface area contributed by atoms with E-state index in [0.29, 0.717) is 16.2 Å². The maximum Gasteiger partial charge on any atom is 0.317 e. The number of aliphatic imine (C=N–C) groups is 1. The van der Waals surface area contributed by atoms with E-state index in [9.17, 15) is 49.5 Å². The van der Waals surface area contributed by atoms with E-state index in [4.69, 9.17) is 5.73 Å². The first kappa shape index (κ1) is 31.3. The van der Waals surface area contributed by atoms with Gasteiger partial charge in [-0.25, -0.2) is 0 Å². The summed E-state index contributed by atoms with van der Waals surface area (Å²) >= 11 is 4.56. The third-order valence-corrected chi connectivity index (χ3v) is 5.80. The van der Waals surface area contributed by atoms with Crippen LogP contribution in [-0.2, 0) is 30.4 Å². The first-order valence-electron chi connectivity index (χ1n) is 10.8. The number of nitrogens with one attached hydrogen (secondary N) is 1. The fraction of sp³-hybridized carbons (Fsp3) is 0.455. The Morgan fingerprint density at radius 1 is 0.865 bits per heavy atom. The first-order valence-corrected chi connectivity index (χ1v) is 11.2. The highest BCUT2D eigenvalue weighted by Gasteiger charge is 2.58. The van der Waals surface area contributed by atoms with Crippen LogP contribution in [0.3, 0.4) is 0 Å². The predicted molar refractivity (Wildman–Crippen MR) is 131 cm³/mol. The second kappa shape index (κ2) is 14.1. The fourth-order valence-corrected chi connectivity index (χ4v) is 4.56. The molecule has 0 bridgehead atoms. The molecule has 1 aromatic rings. The summed E-state index contributed by atoms with van der Waals surface area (Å²) in [6.45, 7) is -2.38. The Bertz CT molecular complexity index is 1030. The molecule has 0 aromatic heterocycles. The minimum Gasteiger partial charge on any atom is -0.481 e. The summed E-state index contributed by atoms with van der Waals surface area (Å²) < 4.78 is 0. The molecular formula is C22H28N4O10S. The van der Waals surface area contributed by atoms with Crippen molar-refractivity contribution in [2.45, 2.75) is 36.8 Å². The van der Waals surface area contributed by atoms with Gasteiger partial charge in [-0.3, -0.25) is 28.9 Å². The van der Waals surface area contributed by atoms with Crippen LogP contribution in [0.25, 0.3) is 0 Å². The molecule has 1 rings (SSSR count). The first-order chi connectivity index (χ1) is 17.3. The van der Waals surface area contributed by atoms with E-state index in [1.807, 2.05) is 0 Å². The zero-order chi connectivity index (χ0) is 28.2. The molecule has 0 aliphatic rings. The average molecular weight is 541 g/mol. The number of hydrogen-bond acceptors (Lipinski definition) is 10. The van der Waals surface area contributed by atoms with E-state index in [-0.39, 0.29) is 19.5 Å². The van der Waals surface area contributed by atoms with E-state index in [1.165, 1.54) is 24.3 Å². The van der Waals surface area contributed by atoms with E-state index in [1.54, 1.807) is 0 Å². The van der Waals surface area contributed by atoms with Crippen LogP contribution in [0.2, 0.25) is 0 Å². The molecule has 0 saturated heterocycles. The third-order valence-electron chi connectivity index (χ3n) is 5.71. The van der Waals surface area contributed by atoms with E-state index < -0.39 is 73.3 Å². The summed E-state index contributed by atoms with van der Waals surface area (Å²) in [4.78, 5) is 64.3. The lowest BCUT2D eigenvalue weighted by Crippen LogP contribution is -2.74. The van der Waals surface area contributed by atoms with Crippen molar-refractivity contribution in [2.24, 2.45) is 10.7 Å². The Morgan fingerprint density at radius 3 is 1.73 bits per heavy atom. The SMILES string of the molecule is NCCNC(CC(=O)O)(Cc1ccc(N=C=S)cc1)C(CC(=O)O)(CC(=O)O)N(CC(=O)O)CC(=O)O. The van der Waals surface area contributed by atoms with Crippen molar-refractivity contribution in [2.75, 3.05) is 26.2 Å². The molecule has 0 spiro atoms. The smallest absolute Gasteiger partial charge is 0.317 e. The van der Waals surface area contributed by atoms with Gasteiger partial charge in [0.15, 0.2) is 0 Å². The monoisotopic (exact) mass is 540 g/mol. The van der Waals surface area contributed by atoms with Gasteiger partial charge in [0.1, 0.15) is 0 Å². The number of aliphatic carboxylic acids is 5. The van der Waals surface area contributed by atoms with Gasteiger partial charge in [-0.05, 0) is 36.3 Å². The summed E-state index contributed by atoms with van der Waals surface area (Å²) in [5, 5.41) is 53.6. The molecule has 0 radical (unpaired) electrons. The zero-order valence-corrected chi connectivity index (χ0v) is 20.4. The topological polar surface area (TPSA) is 240 Å². The van der Waals surface area contributed by atoms with Gasteiger partial charge >= 0.3 is 29.8 Å². The van der Waals surface area contributed by atoms with Crippen molar-refractivity contribution in [1.29, 1.82) is 0 Å². The number of nitrogens with two attached hydrogens (primary N) is 1. The van der Waals surface area contributed by atoms with E-state index in [2.05, 4.69) is 27.7 Å². The maximum absolute atomic E-state index is 12.1. The van der Waals surface area contributed by atoms with Crippen LogP contribution in [0.15, 0.2) is 29.3 Å². The molecule has 1 unspecified atom stereocenters. The number of thiocarbonyl (C=S) groups is 1. The summed E-state index contributed by atoms with van der Waals surface area (Å²) in [6.07, 6.45) is -3.43. The number of hydrogen-bond donors (Lipinski definition) is 7. The second-order valence-electron chi connectivity index (χ2n) is 8.23. The highest BCUT2D eigenvalue weighted by atomic mass is 32.1. The average Bonchev–Trinajstić information content (AvgIpc) is 2.76. The van der Waals surface area contributed by atoms with Gasteiger partial charge in [-0.1, -0.05) is 12.1 Å². The van der Waals surface area contributed by atoms with Crippen molar-refractivity contribution in [3.8, 4) is 0 Å². The van der Waals surface area contributed by atoms with Crippen molar-refractivity contribution in [1.82, 2.24) is 10.2 Å². The third kappa shape index (κ3) is 9.00. The Balaban J connectivity index is 4.08. The van der Waals surface area contributed by atoms with Crippen LogP contribution >= 0.6 is 12.2 Å². The number of carboxylic acid groups (broad SMARTS) is 5. The molecule has 0 fully saturated rings. The number of nitrogens with zero attached hydrogens (tertiary/aromatic N) is 2. The predicted octanol–water partition coefficient (Wildman–Crippen LogP) is -0.115. The molecule has 8 N–H and O–H groups in total. The van der Waals surface area contributed by atoms with Crippen molar-refractivity contribution >= 4 is 52.9 Å². The van der Waals surface area contributed by atoms with Gasteiger partial charge in [0, 0.05) is 13.1 Å². The van der Waals surface area contributed by atoms with Gasteiger partial charge < -0.3 is 36.6 Å². The number of carbonyl (C=O) groups is 5. The normalized spacial score (nSPS) is 12.8. The lowest BCUT2D eigenvalue weighted by molar-refractivity contribution is -0.162. The molecule has 1 aromatic carbocycles. The van der Waals surface area contributed by atoms with Gasteiger partial charge in [0.05, 0.1) is 54.3 Å². The molecule has 0 amide bonds. The Kier molecular flexibility index (Phi) is 11.9. The summed E-state index contributed by atoms with van der Waals surface area (Å²) in [5.41, 5.74) is 2.03. The van der Waals surface area contributed by atoms with Crippen LogP contribution in [0.5, 0.6) is 0 Å². The molecule has 0 aliphatic carbocycles. The summed E-state index contributed by atoms with van der Waals surface area (Å²) in [7, 11) is 0. The van der Waals surface area contributed by atoms with Crippen LogP contribution in [-0.4, -0.2) is 103 Å². The molecule has 0 aliphatic heterocycles. The quantitative estimate of drug-likeness (QED) is 0.0949. The van der Waals surface area contributed by atoms with Gasteiger partial charge in [-0.15, -0.1) is 0 Å². The molecule has 14 nitrogen and oxygen atoms in total. The molecule has 1 atom stereocenters. The molecule has 15 heteroatoms. The summed E-state index contributed by atoms with van der Waals surface area (Å²) in [5.74, 6) is -7.83. The van der Waals surface area contributed by atoms with E-state index in [0.717, 1.165) is 0 Å².